The molecule has 29 heavy (non-hydrogen) atoms. The first kappa shape index (κ1) is 20.0. The topological polar surface area (TPSA) is 77.8 Å². The number of aromatic hydroxyl groups is 1. The molecule has 0 bridgehead atoms. The molecule has 1 saturated carbocycles. The Hall–Kier alpha value is -2.31. The summed E-state index contributed by atoms with van der Waals surface area (Å²) in [6.45, 7) is 0. The molecule has 1 aliphatic heterocycles. The van der Waals surface area contributed by atoms with Crippen molar-refractivity contribution in [2.45, 2.75) is 37.8 Å². The van der Waals surface area contributed by atoms with Crippen molar-refractivity contribution in [2.75, 3.05) is 0 Å². The number of hydrogen-bond donors (Lipinski definition) is 2. The van der Waals surface area contributed by atoms with Crippen molar-refractivity contribution in [2.24, 2.45) is 0 Å². The fourth-order valence-electron chi connectivity index (χ4n) is 4.19. The summed E-state index contributed by atoms with van der Waals surface area (Å²) in [5.41, 5.74) is 1.08. The highest BCUT2D eigenvalue weighted by Crippen LogP contribution is 2.44. The van der Waals surface area contributed by atoms with Crippen LogP contribution in [0.25, 0.3) is 5.76 Å². The molecule has 4 rings (SSSR count). The number of carbonyl (C=O) groups is 2. The lowest BCUT2D eigenvalue weighted by Crippen LogP contribution is -2.37. The molecule has 2 fully saturated rings. The van der Waals surface area contributed by atoms with E-state index in [1.165, 1.54) is 6.07 Å². The van der Waals surface area contributed by atoms with Gasteiger partial charge in [-0.15, -0.1) is 0 Å². The van der Waals surface area contributed by atoms with Crippen molar-refractivity contribution in [1.82, 2.24) is 4.90 Å². The van der Waals surface area contributed by atoms with Gasteiger partial charge in [-0.2, -0.15) is 0 Å². The molecular formula is C22H19BrClNO4. The summed E-state index contributed by atoms with van der Waals surface area (Å²) < 4.78 is 0.835. The molecule has 1 amide bonds. The Morgan fingerprint density at radius 1 is 1.07 bits per heavy atom. The molecule has 150 valence electrons. The third kappa shape index (κ3) is 3.55. The molecule has 2 N–H and O–H groups in total. The van der Waals surface area contributed by atoms with Gasteiger partial charge < -0.3 is 15.1 Å². The molecule has 1 unspecified atom stereocenters. The standard InChI is InChI=1S/C22H19BrClNO4/c23-14-8-5-12(6-9-14)20(27)18-19(13-7-10-17(26)16(24)11-13)25(22(29)21(18)28)15-3-1-2-4-15/h5-11,15,19,26-27H,1-4H2/b20-18-. The highest BCUT2D eigenvalue weighted by atomic mass is 79.9. The summed E-state index contributed by atoms with van der Waals surface area (Å²) in [5, 5.41) is 20.9. The van der Waals surface area contributed by atoms with Gasteiger partial charge in [0, 0.05) is 16.1 Å². The van der Waals surface area contributed by atoms with Crippen LogP contribution < -0.4 is 0 Å². The zero-order chi connectivity index (χ0) is 20.7. The van der Waals surface area contributed by atoms with Crippen molar-refractivity contribution in [1.29, 1.82) is 0 Å². The molecule has 0 spiro atoms. The van der Waals surface area contributed by atoms with Gasteiger partial charge in [-0.3, -0.25) is 9.59 Å². The van der Waals surface area contributed by atoms with Crippen LogP contribution in [0.5, 0.6) is 5.75 Å². The van der Waals surface area contributed by atoms with Crippen molar-refractivity contribution in [3.8, 4) is 5.75 Å². The largest absolute Gasteiger partial charge is 0.507 e. The van der Waals surface area contributed by atoms with E-state index in [0.717, 1.165) is 30.2 Å². The predicted molar refractivity (Wildman–Crippen MR) is 114 cm³/mol. The van der Waals surface area contributed by atoms with Crippen LogP contribution in [0.15, 0.2) is 52.5 Å². The molecule has 2 aromatic carbocycles. The van der Waals surface area contributed by atoms with Crippen molar-refractivity contribution in [3.63, 3.8) is 0 Å². The molecule has 0 radical (unpaired) electrons. The lowest BCUT2D eigenvalue weighted by atomic mass is 9.94. The third-order valence-corrected chi connectivity index (χ3v) is 6.43. The van der Waals surface area contributed by atoms with Gasteiger partial charge >= 0.3 is 0 Å². The van der Waals surface area contributed by atoms with E-state index in [0.29, 0.717) is 11.1 Å². The molecule has 1 heterocycles. The second kappa shape index (κ2) is 7.84. The first-order valence-electron chi connectivity index (χ1n) is 9.43. The molecule has 1 saturated heterocycles. The zero-order valence-corrected chi connectivity index (χ0v) is 17.8. The number of amides is 1. The van der Waals surface area contributed by atoms with Crippen LogP contribution in [0.3, 0.4) is 0 Å². The van der Waals surface area contributed by atoms with Gasteiger partial charge in [0.15, 0.2) is 0 Å². The zero-order valence-electron chi connectivity index (χ0n) is 15.4. The van der Waals surface area contributed by atoms with Gasteiger partial charge in [0.25, 0.3) is 11.7 Å². The summed E-state index contributed by atoms with van der Waals surface area (Å²) in [5.74, 6) is -1.61. The van der Waals surface area contributed by atoms with Crippen molar-refractivity contribution in [3.05, 3.63) is 68.7 Å². The Labute approximate surface area is 181 Å². The maximum atomic E-state index is 13.0. The maximum Gasteiger partial charge on any atom is 0.295 e. The number of aliphatic hydroxyl groups excluding tert-OH is 1. The van der Waals surface area contributed by atoms with Crippen molar-refractivity contribution >= 4 is 45.0 Å². The molecule has 1 atom stereocenters. The minimum atomic E-state index is -0.750. The Balaban J connectivity index is 1.90. The minimum absolute atomic E-state index is 0.0472. The molecule has 2 aromatic rings. The Kier molecular flexibility index (Phi) is 5.40. The first-order valence-corrected chi connectivity index (χ1v) is 10.6. The van der Waals surface area contributed by atoms with Gasteiger partial charge in [-0.25, -0.2) is 0 Å². The molecule has 0 aromatic heterocycles. The summed E-state index contributed by atoms with van der Waals surface area (Å²) in [4.78, 5) is 27.5. The number of hydrogen-bond acceptors (Lipinski definition) is 4. The lowest BCUT2D eigenvalue weighted by molar-refractivity contribution is -0.141. The highest BCUT2D eigenvalue weighted by Gasteiger charge is 2.49. The van der Waals surface area contributed by atoms with Crippen LogP contribution in [-0.2, 0) is 9.59 Å². The average molecular weight is 477 g/mol. The van der Waals surface area contributed by atoms with Gasteiger partial charge in [0.05, 0.1) is 16.6 Å². The molecule has 7 heteroatoms. The second-order valence-corrected chi connectivity index (χ2v) is 8.69. The van der Waals surface area contributed by atoms with E-state index in [2.05, 4.69) is 15.9 Å². The number of rotatable bonds is 3. The maximum absolute atomic E-state index is 13.0. The molecule has 1 aliphatic carbocycles. The molecular weight excluding hydrogens is 458 g/mol. The van der Waals surface area contributed by atoms with E-state index in [1.54, 1.807) is 41.3 Å². The number of aliphatic hydroxyl groups is 1. The monoisotopic (exact) mass is 475 g/mol. The van der Waals surface area contributed by atoms with Gasteiger partial charge in [-0.1, -0.05) is 58.6 Å². The number of phenolic OH excluding ortho intramolecular Hbond substituents is 1. The van der Waals surface area contributed by atoms with Gasteiger partial charge in [-0.05, 0) is 42.7 Å². The number of carbonyl (C=O) groups excluding carboxylic acids is 2. The van der Waals surface area contributed by atoms with E-state index in [4.69, 9.17) is 11.6 Å². The van der Waals surface area contributed by atoms with E-state index in [9.17, 15) is 19.8 Å². The van der Waals surface area contributed by atoms with Gasteiger partial charge in [0.1, 0.15) is 11.5 Å². The van der Waals surface area contributed by atoms with Crippen LogP contribution in [0.1, 0.15) is 42.9 Å². The normalized spacial score (nSPS) is 21.9. The van der Waals surface area contributed by atoms with E-state index >= 15 is 0 Å². The number of ketones is 1. The number of nitrogens with zero attached hydrogens (tertiary/aromatic N) is 1. The smallest absolute Gasteiger partial charge is 0.295 e. The highest BCUT2D eigenvalue weighted by molar-refractivity contribution is 9.10. The van der Waals surface area contributed by atoms with E-state index < -0.39 is 17.7 Å². The Bertz CT molecular complexity index is 1010. The SMILES string of the molecule is O=C1C(=O)N(C2CCCC2)C(c2ccc(O)c(Cl)c2)/C1=C(/O)c1ccc(Br)cc1. The van der Waals surface area contributed by atoms with E-state index in [-0.39, 0.29) is 28.1 Å². The van der Waals surface area contributed by atoms with Crippen LogP contribution in [0, 0.1) is 0 Å². The second-order valence-electron chi connectivity index (χ2n) is 7.36. The fraction of sp³-hybridized carbons (Fsp3) is 0.273. The number of phenols is 1. The predicted octanol–water partition coefficient (Wildman–Crippen LogP) is 5.17. The quantitative estimate of drug-likeness (QED) is 0.364. The summed E-state index contributed by atoms with van der Waals surface area (Å²) in [7, 11) is 0. The molecule has 2 aliphatic rings. The summed E-state index contributed by atoms with van der Waals surface area (Å²) >= 11 is 9.46. The average Bonchev–Trinajstić information content (AvgIpc) is 3.31. The van der Waals surface area contributed by atoms with Crippen molar-refractivity contribution < 1.29 is 19.8 Å². The Morgan fingerprint density at radius 3 is 2.34 bits per heavy atom. The first-order chi connectivity index (χ1) is 13.9. The van der Waals surface area contributed by atoms with E-state index in [1.807, 2.05) is 0 Å². The fourth-order valence-corrected chi connectivity index (χ4v) is 4.65. The minimum Gasteiger partial charge on any atom is -0.507 e. The van der Waals surface area contributed by atoms with Crippen LogP contribution in [-0.4, -0.2) is 32.8 Å². The lowest BCUT2D eigenvalue weighted by Gasteiger charge is -2.31. The number of benzene rings is 2. The third-order valence-electron chi connectivity index (χ3n) is 5.60. The van der Waals surface area contributed by atoms with Crippen LogP contribution in [0.4, 0.5) is 0 Å². The van der Waals surface area contributed by atoms with Crippen LogP contribution >= 0.6 is 27.5 Å². The molecule has 5 nitrogen and oxygen atoms in total. The summed E-state index contributed by atoms with van der Waals surface area (Å²) in [6.07, 6.45) is 3.61. The number of likely N-dealkylation sites (tertiary alicyclic amines) is 1. The number of halogens is 2. The summed E-state index contributed by atoms with van der Waals surface area (Å²) in [6, 6.07) is 10.7. The van der Waals surface area contributed by atoms with Crippen LogP contribution in [0.2, 0.25) is 5.02 Å². The number of Topliss-reactive ketones (excluding diaryl/α,β-unsaturated/α-hetero) is 1. The Morgan fingerprint density at radius 2 is 1.72 bits per heavy atom. The van der Waals surface area contributed by atoms with Gasteiger partial charge in [0.2, 0.25) is 0 Å².